The van der Waals surface area contributed by atoms with E-state index in [4.69, 9.17) is 13.9 Å². The van der Waals surface area contributed by atoms with Crippen LogP contribution in [0.15, 0.2) is 34.7 Å². The molecule has 0 aliphatic carbocycles. The average molecular weight is 338 g/mol. The van der Waals surface area contributed by atoms with Crippen molar-refractivity contribution in [3.8, 4) is 17.1 Å². The van der Waals surface area contributed by atoms with E-state index in [9.17, 15) is 4.79 Å². The summed E-state index contributed by atoms with van der Waals surface area (Å²) in [5.74, 6) is 0.940. The van der Waals surface area contributed by atoms with Gasteiger partial charge in [0.05, 0.1) is 13.7 Å². The average Bonchev–Trinajstić information content (AvgIpc) is 2.93. The Labute approximate surface area is 147 Å². The summed E-state index contributed by atoms with van der Waals surface area (Å²) < 4.78 is 16.7. The van der Waals surface area contributed by atoms with Crippen molar-refractivity contribution in [2.45, 2.75) is 27.7 Å². The largest absolute Gasteiger partial charge is 0.497 e. The number of aryl methyl sites for hydroxylation is 3. The minimum Gasteiger partial charge on any atom is -0.497 e. The van der Waals surface area contributed by atoms with Gasteiger partial charge >= 0.3 is 5.97 Å². The highest BCUT2D eigenvalue weighted by Crippen LogP contribution is 2.37. The van der Waals surface area contributed by atoms with Crippen molar-refractivity contribution < 1.29 is 18.7 Å². The number of carbonyl (C=O) groups excluding carboxylic acids is 1. The van der Waals surface area contributed by atoms with E-state index < -0.39 is 0 Å². The van der Waals surface area contributed by atoms with E-state index in [0.717, 1.165) is 33.4 Å². The second-order valence-corrected chi connectivity index (χ2v) is 6.14. The standard InChI is InChI=1S/C21H22O4/c1-6-24-21(22)19-17-10-12(2)13(3)11-18(17)25-20(19)16-8-7-15(23-5)9-14(16)4/h7-11H,6H2,1-5H3. The fourth-order valence-corrected chi connectivity index (χ4v) is 2.97. The molecule has 0 atom stereocenters. The van der Waals surface area contributed by atoms with Crippen LogP contribution in [0.25, 0.3) is 22.3 Å². The molecule has 130 valence electrons. The Morgan fingerprint density at radius 2 is 1.76 bits per heavy atom. The van der Waals surface area contributed by atoms with Crippen LogP contribution in [0.5, 0.6) is 5.75 Å². The summed E-state index contributed by atoms with van der Waals surface area (Å²) in [6, 6.07) is 9.65. The fourth-order valence-electron chi connectivity index (χ4n) is 2.97. The normalized spacial score (nSPS) is 10.9. The van der Waals surface area contributed by atoms with Crippen molar-refractivity contribution >= 4 is 16.9 Å². The molecule has 4 heteroatoms. The van der Waals surface area contributed by atoms with Crippen LogP contribution >= 0.6 is 0 Å². The third-order valence-corrected chi connectivity index (χ3v) is 4.46. The lowest BCUT2D eigenvalue weighted by Crippen LogP contribution is -2.05. The monoisotopic (exact) mass is 338 g/mol. The van der Waals surface area contributed by atoms with Crippen molar-refractivity contribution in [2.75, 3.05) is 13.7 Å². The first kappa shape index (κ1) is 17.1. The molecule has 0 N–H and O–H groups in total. The van der Waals surface area contributed by atoms with Crippen LogP contribution in [0.4, 0.5) is 0 Å². The first-order valence-corrected chi connectivity index (χ1v) is 8.32. The Hall–Kier alpha value is -2.75. The molecule has 1 aromatic heterocycles. The summed E-state index contributed by atoms with van der Waals surface area (Å²) in [6.45, 7) is 8.14. The number of rotatable bonds is 4. The highest BCUT2D eigenvalue weighted by atomic mass is 16.5. The lowest BCUT2D eigenvalue weighted by Gasteiger charge is -2.08. The molecule has 0 bridgehead atoms. The van der Waals surface area contributed by atoms with Gasteiger partial charge in [0.25, 0.3) is 0 Å². The van der Waals surface area contributed by atoms with Gasteiger partial charge in [0.1, 0.15) is 22.7 Å². The zero-order valence-electron chi connectivity index (χ0n) is 15.2. The first-order chi connectivity index (χ1) is 12.0. The third kappa shape index (κ3) is 3.00. The van der Waals surface area contributed by atoms with Gasteiger partial charge in [0.2, 0.25) is 0 Å². The van der Waals surface area contributed by atoms with E-state index in [1.165, 1.54) is 0 Å². The van der Waals surface area contributed by atoms with Gasteiger partial charge in [0.15, 0.2) is 0 Å². The Bertz CT molecular complexity index is 950. The van der Waals surface area contributed by atoms with Crippen molar-refractivity contribution in [1.82, 2.24) is 0 Å². The predicted molar refractivity (Wildman–Crippen MR) is 98.4 cm³/mol. The maximum atomic E-state index is 12.6. The molecule has 0 saturated carbocycles. The van der Waals surface area contributed by atoms with Crippen molar-refractivity contribution in [1.29, 1.82) is 0 Å². The quantitative estimate of drug-likeness (QED) is 0.613. The predicted octanol–water partition coefficient (Wildman–Crippen LogP) is 5.21. The van der Waals surface area contributed by atoms with Gasteiger partial charge in [-0.2, -0.15) is 0 Å². The molecule has 0 aliphatic heterocycles. The number of hydrogen-bond donors (Lipinski definition) is 0. The minimum atomic E-state index is -0.366. The van der Waals surface area contributed by atoms with Crippen molar-refractivity contribution in [2.24, 2.45) is 0 Å². The van der Waals surface area contributed by atoms with E-state index >= 15 is 0 Å². The molecule has 25 heavy (non-hydrogen) atoms. The number of benzene rings is 2. The number of ether oxygens (including phenoxy) is 2. The molecule has 0 spiro atoms. The van der Waals surface area contributed by atoms with Gasteiger partial charge < -0.3 is 13.9 Å². The zero-order chi connectivity index (χ0) is 18.1. The molecule has 0 fully saturated rings. The van der Waals surface area contributed by atoms with Crippen molar-refractivity contribution in [3.05, 3.63) is 52.6 Å². The van der Waals surface area contributed by atoms with Gasteiger partial charge in [-0.15, -0.1) is 0 Å². The first-order valence-electron chi connectivity index (χ1n) is 8.32. The molecule has 1 heterocycles. The van der Waals surface area contributed by atoms with Crippen LogP contribution in [0.2, 0.25) is 0 Å². The molecular weight excluding hydrogens is 316 g/mol. The molecule has 0 radical (unpaired) electrons. The molecule has 0 aliphatic rings. The summed E-state index contributed by atoms with van der Waals surface area (Å²) in [5, 5.41) is 0.784. The number of methoxy groups -OCH3 is 1. The van der Waals surface area contributed by atoms with Crippen LogP contribution in [0, 0.1) is 20.8 Å². The summed E-state index contributed by atoms with van der Waals surface area (Å²) >= 11 is 0. The molecule has 2 aromatic carbocycles. The Kier molecular flexibility index (Phi) is 4.53. The van der Waals surface area contributed by atoms with E-state index in [1.54, 1.807) is 14.0 Å². The summed E-state index contributed by atoms with van der Waals surface area (Å²) in [4.78, 5) is 12.6. The lowest BCUT2D eigenvalue weighted by molar-refractivity contribution is 0.0529. The smallest absolute Gasteiger partial charge is 0.342 e. The molecule has 0 unspecified atom stereocenters. The molecule has 0 amide bonds. The second kappa shape index (κ2) is 6.63. The minimum absolute atomic E-state index is 0.317. The Balaban J connectivity index is 2.30. The lowest BCUT2D eigenvalue weighted by atomic mass is 9.99. The maximum absolute atomic E-state index is 12.6. The number of hydrogen-bond acceptors (Lipinski definition) is 4. The summed E-state index contributed by atoms with van der Waals surface area (Å²) in [6.07, 6.45) is 0. The summed E-state index contributed by atoms with van der Waals surface area (Å²) in [5.41, 5.74) is 5.23. The zero-order valence-corrected chi connectivity index (χ0v) is 15.2. The van der Waals surface area contributed by atoms with Crippen LogP contribution in [0.1, 0.15) is 34.0 Å². The Morgan fingerprint density at radius 3 is 2.40 bits per heavy atom. The van der Waals surface area contributed by atoms with E-state index in [1.807, 2.05) is 51.1 Å². The SMILES string of the molecule is CCOC(=O)c1c(-c2ccc(OC)cc2C)oc2cc(C)c(C)cc12. The summed E-state index contributed by atoms with van der Waals surface area (Å²) in [7, 11) is 1.63. The topological polar surface area (TPSA) is 48.7 Å². The van der Waals surface area contributed by atoms with Crippen LogP contribution in [-0.4, -0.2) is 19.7 Å². The molecule has 4 nitrogen and oxygen atoms in total. The second-order valence-electron chi connectivity index (χ2n) is 6.14. The highest BCUT2D eigenvalue weighted by Gasteiger charge is 2.24. The number of carbonyl (C=O) groups is 1. The van der Waals surface area contributed by atoms with Crippen molar-refractivity contribution in [3.63, 3.8) is 0 Å². The van der Waals surface area contributed by atoms with E-state index in [2.05, 4.69) is 0 Å². The van der Waals surface area contributed by atoms with E-state index in [0.29, 0.717) is 23.5 Å². The van der Waals surface area contributed by atoms with Gasteiger partial charge in [-0.05, 0) is 74.7 Å². The molecule has 3 rings (SSSR count). The van der Waals surface area contributed by atoms with Gasteiger partial charge in [-0.25, -0.2) is 4.79 Å². The number of esters is 1. The molecule has 0 saturated heterocycles. The van der Waals surface area contributed by atoms with Gasteiger partial charge in [0, 0.05) is 10.9 Å². The third-order valence-electron chi connectivity index (χ3n) is 4.46. The Morgan fingerprint density at radius 1 is 1.04 bits per heavy atom. The van der Waals surface area contributed by atoms with Crippen LogP contribution in [-0.2, 0) is 4.74 Å². The number of furan rings is 1. The van der Waals surface area contributed by atoms with Gasteiger partial charge in [-0.1, -0.05) is 0 Å². The molecule has 3 aromatic rings. The molecular formula is C21H22O4. The van der Waals surface area contributed by atoms with E-state index in [-0.39, 0.29) is 5.97 Å². The maximum Gasteiger partial charge on any atom is 0.342 e. The highest BCUT2D eigenvalue weighted by molar-refractivity contribution is 6.09. The fraction of sp³-hybridized carbons (Fsp3) is 0.286. The van der Waals surface area contributed by atoms with Gasteiger partial charge in [-0.3, -0.25) is 0 Å². The number of fused-ring (bicyclic) bond motifs is 1. The van der Waals surface area contributed by atoms with Crippen LogP contribution < -0.4 is 4.74 Å². The van der Waals surface area contributed by atoms with Crippen LogP contribution in [0.3, 0.4) is 0 Å².